The third kappa shape index (κ3) is 6.25. The molecule has 2 rings (SSSR count). The molecule has 1 aliphatic carbocycles. The van der Waals surface area contributed by atoms with E-state index in [4.69, 9.17) is 9.47 Å². The lowest BCUT2D eigenvalue weighted by Crippen LogP contribution is -2.38. The molecule has 24 heavy (non-hydrogen) atoms. The van der Waals surface area contributed by atoms with E-state index in [0.29, 0.717) is 19.1 Å². The van der Waals surface area contributed by atoms with Gasteiger partial charge in [0.25, 0.3) is 0 Å². The Morgan fingerprint density at radius 2 is 1.88 bits per heavy atom. The Morgan fingerprint density at radius 3 is 2.54 bits per heavy atom. The quantitative estimate of drug-likeness (QED) is 0.698. The number of benzene rings is 1. The minimum absolute atomic E-state index is 0.0456. The molecule has 1 aliphatic rings. The summed E-state index contributed by atoms with van der Waals surface area (Å²) < 4.78 is 10.5. The van der Waals surface area contributed by atoms with E-state index in [-0.39, 0.29) is 11.9 Å². The fraction of sp³-hybridized carbons (Fsp3) is 0.650. The Labute approximate surface area is 145 Å². The van der Waals surface area contributed by atoms with Crippen LogP contribution < -0.4 is 5.32 Å². The number of rotatable bonds is 9. The Balaban J connectivity index is 1.95. The van der Waals surface area contributed by atoms with Crippen LogP contribution in [-0.2, 0) is 14.3 Å². The van der Waals surface area contributed by atoms with Gasteiger partial charge in [-0.1, -0.05) is 62.4 Å². The largest absolute Gasteiger partial charge is 0.382 e. The van der Waals surface area contributed by atoms with Crippen molar-refractivity contribution in [2.75, 3.05) is 20.3 Å². The van der Waals surface area contributed by atoms with Gasteiger partial charge in [-0.25, -0.2) is 0 Å². The number of nitrogens with one attached hydrogen (secondary N) is 1. The highest BCUT2D eigenvalue weighted by Crippen LogP contribution is 2.32. The van der Waals surface area contributed by atoms with Crippen LogP contribution in [0, 0.1) is 5.92 Å². The summed E-state index contributed by atoms with van der Waals surface area (Å²) in [6.07, 6.45) is 7.09. The smallest absolute Gasteiger partial charge is 0.249 e. The molecule has 1 amide bonds. The van der Waals surface area contributed by atoms with Crippen molar-refractivity contribution >= 4 is 5.91 Å². The molecule has 2 unspecified atom stereocenters. The van der Waals surface area contributed by atoms with Crippen molar-refractivity contribution < 1.29 is 14.3 Å². The summed E-state index contributed by atoms with van der Waals surface area (Å²) in [5.74, 6) is 0.657. The normalized spacial score (nSPS) is 18.1. The molecule has 1 N–H and O–H groups in total. The second kappa shape index (κ2) is 10.5. The van der Waals surface area contributed by atoms with Gasteiger partial charge < -0.3 is 14.8 Å². The fourth-order valence-corrected chi connectivity index (χ4v) is 3.39. The van der Waals surface area contributed by atoms with Gasteiger partial charge in [0.2, 0.25) is 5.91 Å². The molecule has 2 atom stereocenters. The van der Waals surface area contributed by atoms with Gasteiger partial charge in [0.1, 0.15) is 6.10 Å². The van der Waals surface area contributed by atoms with Gasteiger partial charge in [0.15, 0.2) is 0 Å². The maximum Gasteiger partial charge on any atom is 0.249 e. The van der Waals surface area contributed by atoms with Gasteiger partial charge in [-0.3, -0.25) is 4.79 Å². The Kier molecular flexibility index (Phi) is 8.26. The molecular formula is C20H31NO3. The van der Waals surface area contributed by atoms with Crippen LogP contribution in [0.2, 0.25) is 0 Å². The second-order valence-corrected chi connectivity index (χ2v) is 6.72. The van der Waals surface area contributed by atoms with Gasteiger partial charge in [-0.2, -0.15) is 0 Å². The van der Waals surface area contributed by atoms with Crippen LogP contribution in [0.25, 0.3) is 0 Å². The number of methoxy groups -OCH3 is 1. The van der Waals surface area contributed by atoms with Crippen molar-refractivity contribution in [3.05, 3.63) is 35.9 Å². The topological polar surface area (TPSA) is 47.6 Å². The molecule has 0 saturated heterocycles. The van der Waals surface area contributed by atoms with E-state index in [9.17, 15) is 4.79 Å². The number of hydrogen-bond donors (Lipinski definition) is 1. The molecule has 0 bridgehead atoms. The molecule has 0 aliphatic heterocycles. The number of carbonyl (C=O) groups excluding carboxylic acids is 1. The zero-order valence-electron chi connectivity index (χ0n) is 15.0. The minimum atomic E-state index is -0.460. The predicted octanol–water partition coefficient (Wildman–Crippen LogP) is 3.87. The predicted molar refractivity (Wildman–Crippen MR) is 95.8 cm³/mol. The Hall–Kier alpha value is -1.39. The van der Waals surface area contributed by atoms with E-state index >= 15 is 0 Å². The second-order valence-electron chi connectivity index (χ2n) is 6.72. The number of amides is 1. The third-order valence-electron chi connectivity index (χ3n) is 4.84. The lowest BCUT2D eigenvalue weighted by molar-refractivity contribution is -0.133. The van der Waals surface area contributed by atoms with Crippen molar-refractivity contribution in [3.8, 4) is 0 Å². The number of ether oxygens (including phenoxy) is 2. The number of hydrogen-bond acceptors (Lipinski definition) is 3. The summed E-state index contributed by atoms with van der Waals surface area (Å²) in [5, 5.41) is 3.20. The number of carbonyl (C=O) groups is 1. The van der Waals surface area contributed by atoms with Gasteiger partial charge >= 0.3 is 0 Å². The molecule has 0 radical (unpaired) electrons. The zero-order chi connectivity index (χ0) is 17.2. The molecule has 0 heterocycles. The van der Waals surface area contributed by atoms with E-state index in [1.165, 1.54) is 37.7 Å². The van der Waals surface area contributed by atoms with Crippen LogP contribution in [0.5, 0.6) is 0 Å². The molecule has 0 aromatic heterocycles. The zero-order valence-corrected chi connectivity index (χ0v) is 15.0. The van der Waals surface area contributed by atoms with Gasteiger partial charge in [-0.15, -0.1) is 0 Å². The maximum atomic E-state index is 12.5. The van der Waals surface area contributed by atoms with Gasteiger partial charge in [0, 0.05) is 7.11 Å². The Bertz CT molecular complexity index is 471. The average Bonchev–Trinajstić information content (AvgIpc) is 2.63. The first kappa shape index (κ1) is 18.9. The van der Waals surface area contributed by atoms with Crippen LogP contribution in [0.3, 0.4) is 0 Å². The van der Waals surface area contributed by atoms with Crippen LogP contribution in [-0.4, -0.2) is 32.3 Å². The average molecular weight is 333 g/mol. The van der Waals surface area contributed by atoms with Crippen molar-refractivity contribution in [1.82, 2.24) is 5.32 Å². The van der Waals surface area contributed by atoms with E-state index < -0.39 is 6.10 Å². The first-order valence-corrected chi connectivity index (χ1v) is 9.16. The molecule has 4 heteroatoms. The Morgan fingerprint density at radius 1 is 1.17 bits per heavy atom. The van der Waals surface area contributed by atoms with E-state index in [1.54, 1.807) is 14.0 Å². The minimum Gasteiger partial charge on any atom is -0.382 e. The van der Waals surface area contributed by atoms with Crippen LogP contribution >= 0.6 is 0 Å². The first-order valence-electron chi connectivity index (χ1n) is 9.16. The fourth-order valence-electron chi connectivity index (χ4n) is 3.39. The summed E-state index contributed by atoms with van der Waals surface area (Å²) in [6.45, 7) is 2.74. The van der Waals surface area contributed by atoms with Crippen molar-refractivity contribution in [3.63, 3.8) is 0 Å². The molecular weight excluding hydrogens is 302 g/mol. The molecule has 1 fully saturated rings. The van der Waals surface area contributed by atoms with Crippen LogP contribution in [0.1, 0.15) is 57.1 Å². The monoisotopic (exact) mass is 333 g/mol. The molecule has 0 spiro atoms. The van der Waals surface area contributed by atoms with Crippen molar-refractivity contribution in [2.45, 2.75) is 57.6 Å². The SMILES string of the molecule is COCCOC(C)C(=O)NC(CC1CCCCC1)c1ccccc1. The summed E-state index contributed by atoms with van der Waals surface area (Å²) in [6, 6.07) is 10.4. The molecule has 4 nitrogen and oxygen atoms in total. The van der Waals surface area contributed by atoms with Crippen molar-refractivity contribution in [1.29, 1.82) is 0 Å². The molecule has 134 valence electrons. The summed E-state index contributed by atoms with van der Waals surface area (Å²) >= 11 is 0. The summed E-state index contributed by atoms with van der Waals surface area (Å²) in [4.78, 5) is 12.5. The highest BCUT2D eigenvalue weighted by molar-refractivity contribution is 5.80. The summed E-state index contributed by atoms with van der Waals surface area (Å²) in [5.41, 5.74) is 1.18. The van der Waals surface area contributed by atoms with E-state index in [2.05, 4.69) is 17.4 Å². The third-order valence-corrected chi connectivity index (χ3v) is 4.84. The van der Waals surface area contributed by atoms with E-state index in [0.717, 1.165) is 6.42 Å². The first-order chi connectivity index (χ1) is 11.7. The molecule has 1 aromatic rings. The molecule has 1 saturated carbocycles. The van der Waals surface area contributed by atoms with Crippen LogP contribution in [0.4, 0.5) is 0 Å². The van der Waals surface area contributed by atoms with Gasteiger partial charge in [0.05, 0.1) is 19.3 Å². The van der Waals surface area contributed by atoms with Crippen LogP contribution in [0.15, 0.2) is 30.3 Å². The summed E-state index contributed by atoms with van der Waals surface area (Å²) in [7, 11) is 1.63. The van der Waals surface area contributed by atoms with E-state index in [1.807, 2.05) is 18.2 Å². The lowest BCUT2D eigenvalue weighted by Gasteiger charge is -2.28. The highest BCUT2D eigenvalue weighted by atomic mass is 16.5. The van der Waals surface area contributed by atoms with Crippen molar-refractivity contribution in [2.24, 2.45) is 5.92 Å². The molecule has 1 aromatic carbocycles. The lowest BCUT2D eigenvalue weighted by atomic mass is 9.83. The standard InChI is InChI=1S/C20H31NO3/c1-16(24-14-13-23-2)20(22)21-19(18-11-7-4-8-12-18)15-17-9-5-3-6-10-17/h4,7-8,11-12,16-17,19H,3,5-6,9-10,13-15H2,1-2H3,(H,21,22). The maximum absolute atomic E-state index is 12.5. The van der Waals surface area contributed by atoms with Gasteiger partial charge in [-0.05, 0) is 24.8 Å². The highest BCUT2D eigenvalue weighted by Gasteiger charge is 2.23.